The molecule has 2 aromatic carbocycles. The summed E-state index contributed by atoms with van der Waals surface area (Å²) < 4.78 is 0. The van der Waals surface area contributed by atoms with E-state index in [4.69, 9.17) is 5.73 Å². The summed E-state index contributed by atoms with van der Waals surface area (Å²) in [7, 11) is 0. The maximum atomic E-state index is 11.0. The van der Waals surface area contributed by atoms with E-state index in [2.05, 4.69) is 0 Å². The third-order valence-corrected chi connectivity index (χ3v) is 2.97. The summed E-state index contributed by atoms with van der Waals surface area (Å²) in [6, 6.07) is 15.3. The number of carbonyl (C=O) groups excluding carboxylic acids is 1. The lowest BCUT2D eigenvalue weighted by atomic mass is 10.00. The first-order chi connectivity index (χ1) is 9.06. The smallest absolute Gasteiger partial charge is 0.134 e. The molecule has 0 aliphatic rings. The summed E-state index contributed by atoms with van der Waals surface area (Å²) >= 11 is 0. The van der Waals surface area contributed by atoms with E-state index in [1.807, 2.05) is 42.5 Å². The molecule has 0 fully saturated rings. The Bertz CT molecular complexity index is 574. The second-order valence-electron chi connectivity index (χ2n) is 4.65. The van der Waals surface area contributed by atoms with Crippen LogP contribution in [-0.2, 0) is 11.2 Å². The van der Waals surface area contributed by atoms with E-state index in [1.165, 1.54) is 0 Å². The molecule has 0 spiro atoms. The average Bonchev–Trinajstić information content (AvgIpc) is 2.39. The van der Waals surface area contributed by atoms with Gasteiger partial charge in [0.1, 0.15) is 12.0 Å². The van der Waals surface area contributed by atoms with Gasteiger partial charge in [0.05, 0.1) is 0 Å². The largest absolute Gasteiger partial charge is 0.375 e. The normalized spacial score (nSPS) is 12.2. The Morgan fingerprint density at radius 3 is 2.42 bits per heavy atom. The predicted molar refractivity (Wildman–Crippen MR) is 75.4 cm³/mol. The second kappa shape index (κ2) is 5.78. The Labute approximate surface area is 112 Å². The second-order valence-corrected chi connectivity index (χ2v) is 4.65. The van der Waals surface area contributed by atoms with Gasteiger partial charge >= 0.3 is 0 Å². The third-order valence-electron chi connectivity index (χ3n) is 2.97. The minimum atomic E-state index is -0.961. The molecule has 1 unspecified atom stereocenters. The molecule has 3 heteroatoms. The zero-order valence-electron chi connectivity index (χ0n) is 10.8. The van der Waals surface area contributed by atoms with Crippen molar-refractivity contribution >= 4 is 5.78 Å². The van der Waals surface area contributed by atoms with Crippen LogP contribution in [0, 0.1) is 0 Å². The van der Waals surface area contributed by atoms with E-state index in [-0.39, 0.29) is 5.78 Å². The van der Waals surface area contributed by atoms with Crippen LogP contribution in [0.15, 0.2) is 48.5 Å². The van der Waals surface area contributed by atoms with Crippen LogP contribution in [0.5, 0.6) is 0 Å². The van der Waals surface area contributed by atoms with Gasteiger partial charge in [0, 0.05) is 6.42 Å². The molecule has 98 valence electrons. The van der Waals surface area contributed by atoms with Crippen molar-refractivity contribution in [3.63, 3.8) is 0 Å². The van der Waals surface area contributed by atoms with Gasteiger partial charge in [0.2, 0.25) is 0 Å². The van der Waals surface area contributed by atoms with Gasteiger partial charge in [-0.05, 0) is 35.2 Å². The molecule has 19 heavy (non-hydrogen) atoms. The van der Waals surface area contributed by atoms with E-state index in [0.717, 1.165) is 16.7 Å². The fraction of sp³-hybridized carbons (Fsp3) is 0.188. The van der Waals surface area contributed by atoms with Crippen molar-refractivity contribution in [2.24, 2.45) is 5.73 Å². The molecular weight excluding hydrogens is 238 g/mol. The van der Waals surface area contributed by atoms with Crippen molar-refractivity contribution < 1.29 is 9.90 Å². The topological polar surface area (TPSA) is 63.3 Å². The van der Waals surface area contributed by atoms with Crippen molar-refractivity contribution in [3.8, 4) is 11.1 Å². The van der Waals surface area contributed by atoms with Gasteiger partial charge in [-0.3, -0.25) is 4.79 Å². The van der Waals surface area contributed by atoms with Crippen molar-refractivity contribution in [2.75, 3.05) is 0 Å². The maximum absolute atomic E-state index is 11.0. The number of aliphatic hydroxyl groups is 1. The molecule has 1 atom stereocenters. The lowest BCUT2D eigenvalue weighted by Gasteiger charge is -2.08. The summed E-state index contributed by atoms with van der Waals surface area (Å²) in [6.45, 7) is 1.58. The van der Waals surface area contributed by atoms with E-state index < -0.39 is 6.23 Å². The number of aliphatic hydroxyl groups excluding tert-OH is 1. The van der Waals surface area contributed by atoms with Gasteiger partial charge in [-0.15, -0.1) is 0 Å². The quantitative estimate of drug-likeness (QED) is 0.825. The van der Waals surface area contributed by atoms with E-state index in [0.29, 0.717) is 12.0 Å². The number of ketones is 1. The zero-order chi connectivity index (χ0) is 13.8. The van der Waals surface area contributed by atoms with E-state index in [9.17, 15) is 9.90 Å². The van der Waals surface area contributed by atoms with Crippen molar-refractivity contribution in [1.82, 2.24) is 0 Å². The van der Waals surface area contributed by atoms with Gasteiger partial charge in [-0.2, -0.15) is 0 Å². The lowest BCUT2D eigenvalue weighted by Crippen LogP contribution is -2.08. The molecule has 2 rings (SSSR count). The minimum Gasteiger partial charge on any atom is -0.375 e. The number of hydrogen-bond acceptors (Lipinski definition) is 3. The molecule has 0 amide bonds. The van der Waals surface area contributed by atoms with Crippen molar-refractivity contribution in [1.29, 1.82) is 0 Å². The van der Waals surface area contributed by atoms with Crippen LogP contribution in [-0.4, -0.2) is 10.9 Å². The highest BCUT2D eigenvalue weighted by molar-refractivity contribution is 5.78. The summed E-state index contributed by atoms with van der Waals surface area (Å²) in [5, 5.41) is 9.38. The highest BCUT2D eigenvalue weighted by Crippen LogP contribution is 2.22. The first kappa shape index (κ1) is 13.5. The molecule has 0 heterocycles. The molecule has 0 saturated heterocycles. The SMILES string of the molecule is CC(=O)Cc1ccc(-c2cccc(C(N)O)c2)cc1. The Morgan fingerprint density at radius 1 is 1.16 bits per heavy atom. The minimum absolute atomic E-state index is 0.154. The summed E-state index contributed by atoms with van der Waals surface area (Å²) in [4.78, 5) is 11.0. The van der Waals surface area contributed by atoms with Gasteiger partial charge in [-0.1, -0.05) is 42.5 Å². The zero-order valence-corrected chi connectivity index (χ0v) is 10.8. The summed E-state index contributed by atoms with van der Waals surface area (Å²) in [6.07, 6.45) is -0.501. The van der Waals surface area contributed by atoms with Crippen LogP contribution in [0.1, 0.15) is 24.3 Å². The van der Waals surface area contributed by atoms with Crippen LogP contribution < -0.4 is 5.73 Å². The monoisotopic (exact) mass is 255 g/mol. The molecule has 0 bridgehead atoms. The highest BCUT2D eigenvalue weighted by atomic mass is 16.3. The Kier molecular flexibility index (Phi) is 4.10. The van der Waals surface area contributed by atoms with Gasteiger partial charge in [0.25, 0.3) is 0 Å². The molecule has 3 nitrogen and oxygen atoms in total. The van der Waals surface area contributed by atoms with E-state index >= 15 is 0 Å². The van der Waals surface area contributed by atoms with E-state index in [1.54, 1.807) is 13.0 Å². The van der Waals surface area contributed by atoms with Crippen molar-refractivity contribution in [3.05, 3.63) is 59.7 Å². The van der Waals surface area contributed by atoms with Crippen LogP contribution in [0.2, 0.25) is 0 Å². The fourth-order valence-corrected chi connectivity index (χ4v) is 2.00. The number of benzene rings is 2. The summed E-state index contributed by atoms with van der Waals surface area (Å²) in [5.74, 6) is 0.154. The highest BCUT2D eigenvalue weighted by Gasteiger charge is 2.04. The van der Waals surface area contributed by atoms with Crippen LogP contribution in [0.25, 0.3) is 11.1 Å². The Morgan fingerprint density at radius 2 is 1.84 bits per heavy atom. The summed E-state index contributed by atoms with van der Waals surface area (Å²) in [5.41, 5.74) is 9.18. The molecule has 0 aliphatic carbocycles. The molecule has 3 N–H and O–H groups in total. The standard InChI is InChI=1S/C16H17NO2/c1-11(18)9-12-5-7-13(8-6-12)14-3-2-4-15(10-14)16(17)19/h2-8,10,16,19H,9,17H2,1H3. The Balaban J connectivity index is 2.26. The van der Waals surface area contributed by atoms with Crippen LogP contribution in [0.4, 0.5) is 0 Å². The van der Waals surface area contributed by atoms with Crippen LogP contribution >= 0.6 is 0 Å². The molecule has 0 aliphatic heterocycles. The van der Waals surface area contributed by atoms with Crippen molar-refractivity contribution in [2.45, 2.75) is 19.6 Å². The number of nitrogens with two attached hydrogens (primary N) is 1. The molecule has 0 radical (unpaired) electrons. The third kappa shape index (κ3) is 3.50. The number of rotatable bonds is 4. The first-order valence-electron chi connectivity index (χ1n) is 6.18. The van der Waals surface area contributed by atoms with Gasteiger partial charge in [0.15, 0.2) is 0 Å². The Hall–Kier alpha value is -1.97. The first-order valence-corrected chi connectivity index (χ1v) is 6.18. The molecule has 0 aromatic heterocycles. The molecule has 0 saturated carbocycles. The van der Waals surface area contributed by atoms with Crippen LogP contribution in [0.3, 0.4) is 0 Å². The maximum Gasteiger partial charge on any atom is 0.134 e. The lowest BCUT2D eigenvalue weighted by molar-refractivity contribution is -0.116. The predicted octanol–water partition coefficient (Wildman–Crippen LogP) is 2.43. The van der Waals surface area contributed by atoms with Gasteiger partial charge < -0.3 is 10.8 Å². The molecular formula is C16H17NO2. The molecule has 2 aromatic rings. The fourth-order valence-electron chi connectivity index (χ4n) is 2.00. The van der Waals surface area contributed by atoms with Gasteiger partial charge in [-0.25, -0.2) is 0 Å². The average molecular weight is 255 g/mol. The number of Topliss-reactive ketones (excluding diaryl/α,β-unsaturated/α-hetero) is 1. The number of hydrogen-bond donors (Lipinski definition) is 2. The number of carbonyl (C=O) groups is 1.